The minimum Gasteiger partial charge on any atom is -0.494 e. The van der Waals surface area contributed by atoms with Gasteiger partial charge in [-0.15, -0.1) is 0 Å². The first-order valence-corrected chi connectivity index (χ1v) is 17.9. The number of hydrogen-bond acceptors (Lipinski definition) is 6. The van der Waals surface area contributed by atoms with Crippen molar-refractivity contribution in [2.24, 2.45) is 11.3 Å². The summed E-state index contributed by atoms with van der Waals surface area (Å²) in [5, 5.41) is 8.85. The Labute approximate surface area is 284 Å². The molecular formula is C38H51N5O5. The number of rotatable bonds is 7. The number of fused-ring (bicyclic) bond motifs is 4. The van der Waals surface area contributed by atoms with Crippen molar-refractivity contribution in [3.05, 3.63) is 65.2 Å². The van der Waals surface area contributed by atoms with Gasteiger partial charge < -0.3 is 30.5 Å². The van der Waals surface area contributed by atoms with Gasteiger partial charge in [0.25, 0.3) is 0 Å². The van der Waals surface area contributed by atoms with E-state index < -0.39 is 18.0 Å². The topological polar surface area (TPSA) is 120 Å². The van der Waals surface area contributed by atoms with Gasteiger partial charge in [-0.25, -0.2) is 0 Å². The van der Waals surface area contributed by atoms with E-state index in [-0.39, 0.29) is 37.1 Å². The molecule has 10 heteroatoms. The molecule has 4 aliphatic rings. The first-order chi connectivity index (χ1) is 23.2. The molecule has 2 aromatic rings. The third-order valence-corrected chi connectivity index (χ3v) is 10.9. The van der Waals surface area contributed by atoms with Crippen LogP contribution in [0.1, 0.15) is 74.5 Å². The van der Waals surface area contributed by atoms with Crippen LogP contribution in [0.4, 0.5) is 0 Å². The zero-order valence-corrected chi connectivity index (χ0v) is 28.3. The summed E-state index contributed by atoms with van der Waals surface area (Å²) < 4.78 is 6.12. The molecule has 4 amide bonds. The minimum absolute atomic E-state index is 0.148. The molecule has 3 heterocycles. The van der Waals surface area contributed by atoms with Crippen molar-refractivity contribution in [1.82, 2.24) is 25.8 Å². The minimum atomic E-state index is -1.08. The Bertz CT molecular complexity index is 1450. The largest absolute Gasteiger partial charge is 0.494 e. The number of nitrogens with zero attached hydrogens (tertiary/aromatic N) is 2. The van der Waals surface area contributed by atoms with Crippen molar-refractivity contribution in [1.29, 1.82) is 0 Å². The van der Waals surface area contributed by atoms with Gasteiger partial charge in [0, 0.05) is 45.7 Å². The second-order valence-electron chi connectivity index (χ2n) is 14.5. The monoisotopic (exact) mass is 657 g/mol. The Morgan fingerprint density at radius 3 is 2.60 bits per heavy atom. The first kappa shape index (κ1) is 34.0. The van der Waals surface area contributed by atoms with E-state index in [9.17, 15) is 19.2 Å². The Kier molecular flexibility index (Phi) is 11.0. The molecule has 1 aliphatic carbocycles. The van der Waals surface area contributed by atoms with Crippen LogP contribution in [0, 0.1) is 18.3 Å². The molecule has 3 atom stereocenters. The number of carbonyl (C=O) groups excluding carboxylic acids is 4. The van der Waals surface area contributed by atoms with E-state index in [0.717, 1.165) is 54.8 Å². The van der Waals surface area contributed by atoms with Gasteiger partial charge >= 0.3 is 0 Å². The molecule has 1 spiro atoms. The summed E-state index contributed by atoms with van der Waals surface area (Å²) in [5.74, 6) is -0.198. The normalized spacial score (nSPS) is 25.0. The Morgan fingerprint density at radius 2 is 1.83 bits per heavy atom. The second kappa shape index (κ2) is 15.5. The molecule has 3 aliphatic heterocycles. The number of piperidine rings is 1. The van der Waals surface area contributed by atoms with Crippen molar-refractivity contribution in [3.8, 4) is 5.75 Å². The lowest BCUT2D eigenvalue weighted by Crippen LogP contribution is -2.60. The van der Waals surface area contributed by atoms with Gasteiger partial charge in [-0.2, -0.15) is 0 Å². The second-order valence-corrected chi connectivity index (χ2v) is 14.5. The molecule has 1 saturated carbocycles. The molecule has 0 radical (unpaired) electrons. The lowest BCUT2D eigenvalue weighted by molar-refractivity contribution is -0.138. The molecule has 48 heavy (non-hydrogen) atoms. The maximum Gasteiger partial charge on any atom is 0.243 e. The number of likely N-dealkylation sites (tertiary alicyclic amines) is 1. The molecule has 258 valence electrons. The van der Waals surface area contributed by atoms with Crippen molar-refractivity contribution in [2.45, 2.75) is 89.8 Å². The van der Waals surface area contributed by atoms with Crippen LogP contribution in [0.5, 0.6) is 5.75 Å². The zero-order chi connectivity index (χ0) is 33.5. The van der Waals surface area contributed by atoms with Gasteiger partial charge in [-0.05, 0) is 92.0 Å². The highest BCUT2D eigenvalue weighted by atomic mass is 16.5. The summed E-state index contributed by atoms with van der Waals surface area (Å²) in [6.45, 7) is 6.74. The summed E-state index contributed by atoms with van der Waals surface area (Å²) in [6.07, 6.45) is 7.60. The van der Waals surface area contributed by atoms with Crippen LogP contribution in [0.3, 0.4) is 0 Å². The van der Waals surface area contributed by atoms with Crippen LogP contribution in [0.2, 0.25) is 0 Å². The molecule has 10 nitrogen and oxygen atoms in total. The van der Waals surface area contributed by atoms with Gasteiger partial charge in [0.05, 0.1) is 13.0 Å². The van der Waals surface area contributed by atoms with Gasteiger partial charge in [0.1, 0.15) is 17.8 Å². The summed E-state index contributed by atoms with van der Waals surface area (Å²) in [7, 11) is 0. The maximum atomic E-state index is 14.0. The van der Waals surface area contributed by atoms with Gasteiger partial charge in [-0.3, -0.25) is 19.2 Å². The SMILES string of the molecule is Cc1ccc2cc1CNC(=O)[C@H](CCc1ccccc1)NC(=O)[C@@H](NC(=O)CCN1CC3(CCC3)C1)CC(=O)N1CCCC(CCO2)C1. The van der Waals surface area contributed by atoms with Crippen LogP contribution in [-0.2, 0) is 32.1 Å². The van der Waals surface area contributed by atoms with Crippen molar-refractivity contribution >= 4 is 23.6 Å². The van der Waals surface area contributed by atoms with Gasteiger partial charge in [0.2, 0.25) is 23.6 Å². The number of nitrogens with one attached hydrogen (secondary N) is 3. The summed E-state index contributed by atoms with van der Waals surface area (Å²) in [6, 6.07) is 13.8. The molecule has 2 aromatic carbocycles. The number of ether oxygens (including phenoxy) is 1. The van der Waals surface area contributed by atoms with Crippen molar-refractivity contribution in [3.63, 3.8) is 0 Å². The highest BCUT2D eigenvalue weighted by Gasteiger charge is 2.46. The zero-order valence-electron chi connectivity index (χ0n) is 28.3. The third kappa shape index (κ3) is 8.75. The number of amides is 4. The molecule has 3 N–H and O–H groups in total. The highest BCUT2D eigenvalue weighted by molar-refractivity contribution is 5.95. The van der Waals surface area contributed by atoms with E-state index in [1.165, 1.54) is 19.3 Å². The fraction of sp³-hybridized carbons (Fsp3) is 0.579. The number of carbonyl (C=O) groups is 4. The number of benzene rings is 2. The Morgan fingerprint density at radius 1 is 1.02 bits per heavy atom. The lowest BCUT2D eigenvalue weighted by atomic mass is 9.63. The molecular weight excluding hydrogens is 606 g/mol. The van der Waals surface area contributed by atoms with E-state index in [0.29, 0.717) is 50.4 Å². The molecule has 1 unspecified atom stereocenters. The molecule has 2 saturated heterocycles. The molecule has 3 fully saturated rings. The summed E-state index contributed by atoms with van der Waals surface area (Å²) in [5.41, 5.74) is 3.50. The van der Waals surface area contributed by atoms with E-state index in [4.69, 9.17) is 4.74 Å². The van der Waals surface area contributed by atoms with Crippen LogP contribution in [0.15, 0.2) is 48.5 Å². The Balaban J connectivity index is 1.19. The van der Waals surface area contributed by atoms with Crippen LogP contribution in [-0.4, -0.2) is 84.8 Å². The quantitative estimate of drug-likeness (QED) is 0.420. The van der Waals surface area contributed by atoms with Gasteiger partial charge in [0.15, 0.2) is 0 Å². The van der Waals surface area contributed by atoms with Gasteiger partial charge in [-0.1, -0.05) is 42.8 Å². The number of hydrogen-bond donors (Lipinski definition) is 3. The van der Waals surface area contributed by atoms with E-state index in [2.05, 4.69) is 20.9 Å². The summed E-state index contributed by atoms with van der Waals surface area (Å²) >= 11 is 0. The van der Waals surface area contributed by atoms with Crippen molar-refractivity contribution in [2.75, 3.05) is 39.3 Å². The standard InChI is InChI=1S/C38H51N5O5/c1-27-10-12-31-21-30(27)23-39-36(46)32(13-11-28-7-3-2-4-8-28)41-37(47)33(22-35(45)43-18-5-9-29(24-43)15-20-48-31)40-34(44)14-19-42-25-38(26-42)16-6-17-38/h2-4,7-8,10,12,21,29,32-33H,5-6,9,11,13-20,22-26H2,1H3,(H,39,46)(H,40,44)(H,41,47)/t29?,32-,33-/m0/s1. The number of aryl methyl sites for hydroxylation is 2. The van der Waals surface area contributed by atoms with Crippen LogP contribution in [0.25, 0.3) is 0 Å². The fourth-order valence-electron chi connectivity index (χ4n) is 7.69. The van der Waals surface area contributed by atoms with Crippen molar-refractivity contribution < 1.29 is 23.9 Å². The summed E-state index contributed by atoms with van der Waals surface area (Å²) in [4.78, 5) is 58.7. The predicted molar refractivity (Wildman–Crippen MR) is 183 cm³/mol. The van der Waals surface area contributed by atoms with Crippen LogP contribution >= 0.6 is 0 Å². The molecule has 6 rings (SSSR count). The smallest absolute Gasteiger partial charge is 0.243 e. The average Bonchev–Trinajstić information content (AvgIpc) is 3.05. The molecule has 4 bridgehead atoms. The Hall–Kier alpha value is -3.92. The fourth-order valence-corrected chi connectivity index (χ4v) is 7.69. The third-order valence-electron chi connectivity index (χ3n) is 10.9. The van der Waals surface area contributed by atoms with E-state index in [1.807, 2.05) is 60.4 Å². The average molecular weight is 658 g/mol. The first-order valence-electron chi connectivity index (χ1n) is 17.9. The molecule has 0 aromatic heterocycles. The lowest BCUT2D eigenvalue weighted by Gasteiger charge is -2.56. The predicted octanol–water partition coefficient (Wildman–Crippen LogP) is 3.50. The van der Waals surface area contributed by atoms with E-state index in [1.54, 1.807) is 0 Å². The highest BCUT2D eigenvalue weighted by Crippen LogP contribution is 2.47. The van der Waals surface area contributed by atoms with E-state index >= 15 is 0 Å². The van der Waals surface area contributed by atoms with Crippen LogP contribution < -0.4 is 20.7 Å². The maximum absolute atomic E-state index is 14.0.